The van der Waals surface area contributed by atoms with E-state index in [2.05, 4.69) is 22.7 Å². The number of carbonyl (C=O) groups is 1. The fraction of sp³-hybridized carbons (Fsp3) is 0.692. The quantitative estimate of drug-likeness (QED) is 0.841. The van der Waals surface area contributed by atoms with E-state index in [-0.39, 0.29) is 5.91 Å². The molecule has 5 heteroatoms. The summed E-state index contributed by atoms with van der Waals surface area (Å²) in [5, 5.41) is 10.6. The predicted molar refractivity (Wildman–Crippen MR) is 70.5 cm³/mol. The van der Waals surface area contributed by atoms with Gasteiger partial charge in [0.1, 0.15) is 5.69 Å². The lowest BCUT2D eigenvalue weighted by Crippen LogP contribution is -2.47. The number of amides is 1. The van der Waals surface area contributed by atoms with Crippen LogP contribution >= 0.6 is 0 Å². The largest absolute Gasteiger partial charge is 0.349 e. The Morgan fingerprint density at radius 1 is 1.61 bits per heavy atom. The van der Waals surface area contributed by atoms with Gasteiger partial charge in [-0.05, 0) is 32.8 Å². The van der Waals surface area contributed by atoms with Gasteiger partial charge < -0.3 is 10.6 Å². The van der Waals surface area contributed by atoms with Gasteiger partial charge >= 0.3 is 0 Å². The van der Waals surface area contributed by atoms with Crippen molar-refractivity contribution in [2.45, 2.75) is 45.2 Å². The molecule has 2 unspecified atom stereocenters. The molecule has 1 aromatic heterocycles. The summed E-state index contributed by atoms with van der Waals surface area (Å²) in [6.45, 7) is 4.81. The van der Waals surface area contributed by atoms with E-state index in [4.69, 9.17) is 0 Å². The average Bonchev–Trinajstić information content (AvgIpc) is 2.67. The summed E-state index contributed by atoms with van der Waals surface area (Å²) < 4.78 is 1.72. The molecule has 2 N–H and O–H groups in total. The highest BCUT2D eigenvalue weighted by molar-refractivity contribution is 5.92. The Balaban J connectivity index is 1.84. The molecule has 5 nitrogen and oxygen atoms in total. The number of nitrogens with one attached hydrogen (secondary N) is 2. The van der Waals surface area contributed by atoms with Gasteiger partial charge in [-0.1, -0.05) is 6.42 Å². The molecular weight excluding hydrogens is 228 g/mol. The molecule has 2 atom stereocenters. The predicted octanol–water partition coefficient (Wildman–Crippen LogP) is 0.989. The van der Waals surface area contributed by atoms with Crippen LogP contribution in [-0.2, 0) is 7.05 Å². The van der Waals surface area contributed by atoms with E-state index < -0.39 is 0 Å². The molecule has 1 amide bonds. The van der Waals surface area contributed by atoms with E-state index in [1.807, 2.05) is 20.0 Å². The van der Waals surface area contributed by atoms with Crippen LogP contribution in [0.25, 0.3) is 0 Å². The molecule has 1 aromatic rings. The zero-order chi connectivity index (χ0) is 13.1. The first-order chi connectivity index (χ1) is 8.56. The van der Waals surface area contributed by atoms with E-state index >= 15 is 0 Å². The number of hydrogen-bond donors (Lipinski definition) is 2. The zero-order valence-electron chi connectivity index (χ0n) is 11.4. The Labute approximate surface area is 108 Å². The minimum Gasteiger partial charge on any atom is -0.349 e. The lowest BCUT2D eigenvalue weighted by atomic mass is 10.00. The van der Waals surface area contributed by atoms with E-state index in [1.54, 1.807) is 4.68 Å². The minimum absolute atomic E-state index is 0.0845. The molecule has 1 fully saturated rings. The molecule has 0 radical (unpaired) electrons. The molecule has 0 aromatic carbocycles. The molecule has 1 saturated heterocycles. The van der Waals surface area contributed by atoms with Crippen LogP contribution in [0, 0.1) is 6.92 Å². The van der Waals surface area contributed by atoms with Crippen molar-refractivity contribution in [3.8, 4) is 0 Å². The summed E-state index contributed by atoms with van der Waals surface area (Å²) in [6.07, 6.45) is 3.59. The molecule has 0 aliphatic carbocycles. The number of piperidine rings is 1. The summed E-state index contributed by atoms with van der Waals surface area (Å²) in [6, 6.07) is 2.76. The summed E-state index contributed by atoms with van der Waals surface area (Å²) >= 11 is 0. The average molecular weight is 250 g/mol. The molecule has 1 aliphatic rings. The van der Waals surface area contributed by atoms with Crippen LogP contribution in [0.4, 0.5) is 0 Å². The highest BCUT2D eigenvalue weighted by Gasteiger charge is 2.19. The van der Waals surface area contributed by atoms with Crippen molar-refractivity contribution in [2.24, 2.45) is 7.05 Å². The van der Waals surface area contributed by atoms with E-state index in [1.165, 1.54) is 12.8 Å². The Hall–Kier alpha value is -1.36. The first-order valence-electron chi connectivity index (χ1n) is 6.61. The van der Waals surface area contributed by atoms with Gasteiger partial charge in [-0.25, -0.2) is 0 Å². The van der Waals surface area contributed by atoms with Gasteiger partial charge in [0.05, 0.1) is 0 Å². The second-order valence-electron chi connectivity index (χ2n) is 5.20. The summed E-state index contributed by atoms with van der Waals surface area (Å²) in [7, 11) is 1.84. The van der Waals surface area contributed by atoms with Crippen molar-refractivity contribution < 1.29 is 4.79 Å². The zero-order valence-corrected chi connectivity index (χ0v) is 11.4. The second kappa shape index (κ2) is 5.52. The maximum absolute atomic E-state index is 11.9. The Kier molecular flexibility index (Phi) is 4.01. The molecule has 2 heterocycles. The minimum atomic E-state index is -0.0845. The van der Waals surface area contributed by atoms with Gasteiger partial charge in [-0.15, -0.1) is 0 Å². The van der Waals surface area contributed by atoms with E-state index in [0.717, 1.165) is 12.1 Å². The first kappa shape index (κ1) is 13.1. The van der Waals surface area contributed by atoms with Crippen LogP contribution in [0.15, 0.2) is 6.07 Å². The number of rotatable bonds is 3. The van der Waals surface area contributed by atoms with Gasteiger partial charge in [0.2, 0.25) is 0 Å². The van der Waals surface area contributed by atoms with Gasteiger partial charge in [-0.2, -0.15) is 5.10 Å². The third-order valence-corrected chi connectivity index (χ3v) is 3.57. The van der Waals surface area contributed by atoms with Crippen LogP contribution in [0.2, 0.25) is 0 Å². The van der Waals surface area contributed by atoms with Crippen molar-refractivity contribution in [1.82, 2.24) is 20.4 Å². The lowest BCUT2D eigenvalue weighted by molar-refractivity contribution is 0.0940. The van der Waals surface area contributed by atoms with E-state index in [9.17, 15) is 4.79 Å². The van der Waals surface area contributed by atoms with Crippen molar-refractivity contribution in [1.29, 1.82) is 0 Å². The second-order valence-corrected chi connectivity index (χ2v) is 5.20. The first-order valence-corrected chi connectivity index (χ1v) is 6.61. The number of carbonyl (C=O) groups excluding carboxylic acids is 1. The molecular formula is C13H22N4O. The topological polar surface area (TPSA) is 59.0 Å². The molecule has 0 bridgehead atoms. The standard InChI is InChI=1S/C13H22N4O/c1-9-5-4-6-11(15-9)8-14-13(18)12-7-10(2)17(3)16-12/h7,9,11,15H,4-6,8H2,1-3H3,(H,14,18). The maximum Gasteiger partial charge on any atom is 0.271 e. The Bertz CT molecular complexity index is 407. The number of hydrogen-bond acceptors (Lipinski definition) is 3. The van der Waals surface area contributed by atoms with Crippen LogP contribution in [0.5, 0.6) is 0 Å². The highest BCUT2D eigenvalue weighted by atomic mass is 16.1. The summed E-state index contributed by atoms with van der Waals surface area (Å²) in [5.74, 6) is -0.0845. The number of nitrogens with zero attached hydrogens (tertiary/aromatic N) is 2. The van der Waals surface area contributed by atoms with Crippen molar-refractivity contribution in [3.63, 3.8) is 0 Å². The van der Waals surface area contributed by atoms with E-state index in [0.29, 0.717) is 24.3 Å². The van der Waals surface area contributed by atoms with Crippen LogP contribution in [0.3, 0.4) is 0 Å². The van der Waals surface area contributed by atoms with Crippen molar-refractivity contribution >= 4 is 5.91 Å². The monoisotopic (exact) mass is 250 g/mol. The fourth-order valence-electron chi connectivity index (χ4n) is 2.38. The Morgan fingerprint density at radius 2 is 2.39 bits per heavy atom. The van der Waals surface area contributed by atoms with Crippen LogP contribution in [-0.4, -0.2) is 34.3 Å². The third-order valence-electron chi connectivity index (χ3n) is 3.57. The Morgan fingerprint density at radius 3 is 3.00 bits per heavy atom. The van der Waals surface area contributed by atoms with Gasteiger partial charge in [0.15, 0.2) is 0 Å². The SMILES string of the molecule is Cc1cc(C(=O)NCC2CCCC(C)N2)nn1C. The molecule has 2 rings (SSSR count). The third kappa shape index (κ3) is 3.10. The summed E-state index contributed by atoms with van der Waals surface area (Å²) in [5.41, 5.74) is 1.49. The molecule has 100 valence electrons. The maximum atomic E-state index is 11.9. The van der Waals surface area contributed by atoms with Crippen LogP contribution in [0.1, 0.15) is 42.4 Å². The van der Waals surface area contributed by atoms with Gasteiger partial charge in [0, 0.05) is 31.4 Å². The highest BCUT2D eigenvalue weighted by Crippen LogP contribution is 2.11. The van der Waals surface area contributed by atoms with Gasteiger partial charge in [0.25, 0.3) is 5.91 Å². The number of aromatic nitrogens is 2. The molecule has 0 spiro atoms. The summed E-state index contributed by atoms with van der Waals surface area (Å²) in [4.78, 5) is 11.9. The molecule has 18 heavy (non-hydrogen) atoms. The lowest BCUT2D eigenvalue weighted by Gasteiger charge is -2.28. The van der Waals surface area contributed by atoms with Crippen molar-refractivity contribution in [3.05, 3.63) is 17.5 Å². The number of aryl methyl sites for hydroxylation is 2. The fourth-order valence-corrected chi connectivity index (χ4v) is 2.38. The van der Waals surface area contributed by atoms with Crippen LogP contribution < -0.4 is 10.6 Å². The molecule has 0 saturated carbocycles. The molecule has 1 aliphatic heterocycles. The smallest absolute Gasteiger partial charge is 0.271 e. The normalized spacial score (nSPS) is 23.9. The van der Waals surface area contributed by atoms with Gasteiger partial charge in [-0.3, -0.25) is 9.48 Å². The van der Waals surface area contributed by atoms with Crippen molar-refractivity contribution in [2.75, 3.05) is 6.54 Å².